The highest BCUT2D eigenvalue weighted by molar-refractivity contribution is 5.97. The summed E-state index contributed by atoms with van der Waals surface area (Å²) in [6.07, 6.45) is 0. The number of nitrogens with zero attached hydrogens (tertiary/aromatic N) is 1. The predicted molar refractivity (Wildman–Crippen MR) is 80.3 cm³/mol. The topological polar surface area (TPSA) is 57.6 Å². The van der Waals surface area contributed by atoms with Gasteiger partial charge in [-0.3, -0.25) is 4.79 Å². The molecule has 4 nitrogen and oxygen atoms in total. The predicted octanol–water partition coefficient (Wildman–Crippen LogP) is 2.53. The average molecular weight is 269 g/mol. The van der Waals surface area contributed by atoms with Crippen LogP contribution in [0.25, 0.3) is 10.8 Å². The van der Waals surface area contributed by atoms with Gasteiger partial charge < -0.3 is 10.0 Å². The third-order valence-electron chi connectivity index (χ3n) is 2.98. The fraction of sp³-hybridized carbons (Fsp3) is 0.125. The van der Waals surface area contributed by atoms with Gasteiger partial charge in [-0.1, -0.05) is 24.3 Å². The van der Waals surface area contributed by atoms with Gasteiger partial charge in [0.1, 0.15) is 0 Å². The van der Waals surface area contributed by atoms with Crippen molar-refractivity contribution in [1.29, 1.82) is 0 Å². The Bertz CT molecular complexity index is 704. The van der Waals surface area contributed by atoms with Gasteiger partial charge in [0.05, 0.1) is 5.56 Å². The summed E-state index contributed by atoms with van der Waals surface area (Å²) in [6.45, 7) is 0. The van der Waals surface area contributed by atoms with Crippen molar-refractivity contribution in [1.82, 2.24) is 0 Å². The molecule has 3 aromatic carbocycles. The highest BCUT2D eigenvalue weighted by Gasteiger charge is 2.07. The summed E-state index contributed by atoms with van der Waals surface area (Å²) in [6, 6.07) is 14.2. The Morgan fingerprint density at radius 1 is 0.950 bits per heavy atom. The van der Waals surface area contributed by atoms with E-state index in [-0.39, 0.29) is 5.43 Å². The van der Waals surface area contributed by atoms with Crippen LogP contribution in [-0.4, -0.2) is 25.2 Å². The van der Waals surface area contributed by atoms with Crippen molar-refractivity contribution >= 4 is 22.4 Å². The number of anilines is 1. The van der Waals surface area contributed by atoms with Crippen LogP contribution in [0.3, 0.4) is 0 Å². The van der Waals surface area contributed by atoms with Crippen LogP contribution in [0.2, 0.25) is 0 Å². The monoisotopic (exact) mass is 269 g/mol. The molecule has 0 aliphatic heterocycles. The lowest BCUT2D eigenvalue weighted by atomic mass is 10.2. The normalized spacial score (nSPS) is 10.1. The van der Waals surface area contributed by atoms with Crippen LogP contribution >= 0.6 is 0 Å². The van der Waals surface area contributed by atoms with E-state index in [1.165, 1.54) is 0 Å². The number of benzene rings is 2. The molecule has 0 heterocycles. The number of carboxylic acids is 1. The molecule has 0 unspecified atom stereocenters. The number of carboxylic acid groups (broad SMARTS) is 1. The van der Waals surface area contributed by atoms with E-state index in [2.05, 4.69) is 0 Å². The second-order valence-corrected chi connectivity index (χ2v) is 4.62. The molecule has 0 atom stereocenters. The van der Waals surface area contributed by atoms with Crippen LogP contribution in [-0.2, 0) is 0 Å². The maximum Gasteiger partial charge on any atom is 0.335 e. The fourth-order valence-electron chi connectivity index (χ4n) is 1.73. The van der Waals surface area contributed by atoms with Gasteiger partial charge in [0.25, 0.3) is 0 Å². The van der Waals surface area contributed by atoms with Gasteiger partial charge in [-0.2, -0.15) is 0 Å². The van der Waals surface area contributed by atoms with Gasteiger partial charge in [-0.25, -0.2) is 4.79 Å². The average Bonchev–Trinajstić information content (AvgIpc) is 3.11. The van der Waals surface area contributed by atoms with E-state index in [0.29, 0.717) is 5.56 Å². The first-order chi connectivity index (χ1) is 9.50. The van der Waals surface area contributed by atoms with E-state index in [1.54, 1.807) is 24.3 Å². The molecule has 0 saturated heterocycles. The van der Waals surface area contributed by atoms with Gasteiger partial charge in [0.15, 0.2) is 5.43 Å². The van der Waals surface area contributed by atoms with Gasteiger partial charge in [0.2, 0.25) is 0 Å². The van der Waals surface area contributed by atoms with Crippen LogP contribution in [0.5, 0.6) is 0 Å². The van der Waals surface area contributed by atoms with Crippen molar-refractivity contribution in [2.24, 2.45) is 0 Å². The highest BCUT2D eigenvalue weighted by Crippen LogP contribution is 2.12. The Hall–Kier alpha value is -2.62. The first-order valence-corrected chi connectivity index (χ1v) is 6.15. The second kappa shape index (κ2) is 5.57. The van der Waals surface area contributed by atoms with Crippen molar-refractivity contribution in [3.63, 3.8) is 0 Å². The highest BCUT2D eigenvalue weighted by atomic mass is 16.4. The van der Waals surface area contributed by atoms with Gasteiger partial charge in [0, 0.05) is 30.6 Å². The molecule has 0 amide bonds. The summed E-state index contributed by atoms with van der Waals surface area (Å²) in [4.78, 5) is 22.9. The molecule has 3 aromatic rings. The molecule has 0 spiro atoms. The van der Waals surface area contributed by atoms with E-state index in [4.69, 9.17) is 5.11 Å². The van der Waals surface area contributed by atoms with E-state index in [0.717, 1.165) is 16.5 Å². The molecule has 3 rings (SSSR count). The van der Waals surface area contributed by atoms with E-state index >= 15 is 0 Å². The quantitative estimate of drug-likeness (QED) is 0.776. The lowest BCUT2D eigenvalue weighted by Gasteiger charge is -2.11. The van der Waals surface area contributed by atoms with Crippen LogP contribution in [0.1, 0.15) is 10.4 Å². The third-order valence-corrected chi connectivity index (χ3v) is 2.98. The number of carbonyl (C=O) groups is 1. The number of hydrogen-bond acceptors (Lipinski definition) is 3. The number of hydrogen-bond donors (Lipinski definition) is 1. The van der Waals surface area contributed by atoms with Crippen LogP contribution in [0, 0.1) is 0 Å². The van der Waals surface area contributed by atoms with Crippen molar-refractivity contribution in [2.45, 2.75) is 0 Å². The molecule has 0 fully saturated rings. The molecule has 0 bridgehead atoms. The Morgan fingerprint density at radius 2 is 1.45 bits per heavy atom. The van der Waals surface area contributed by atoms with E-state index in [9.17, 15) is 9.59 Å². The van der Waals surface area contributed by atoms with Gasteiger partial charge >= 0.3 is 5.97 Å². The van der Waals surface area contributed by atoms with Crippen LogP contribution in [0.15, 0.2) is 53.3 Å². The SMILES string of the molecule is CN(C)c1ccc(C(=O)O)cc1.O=c1c2ccccc12. The van der Waals surface area contributed by atoms with Crippen molar-refractivity contribution in [2.75, 3.05) is 19.0 Å². The second-order valence-electron chi connectivity index (χ2n) is 4.62. The summed E-state index contributed by atoms with van der Waals surface area (Å²) in [7, 11) is 3.82. The fourth-order valence-corrected chi connectivity index (χ4v) is 1.73. The molecule has 20 heavy (non-hydrogen) atoms. The lowest BCUT2D eigenvalue weighted by molar-refractivity contribution is 0.0697. The summed E-state index contributed by atoms with van der Waals surface area (Å²) < 4.78 is 0. The standard InChI is InChI=1S/C9H11NO2.C7H4O/c1-10(2)8-5-3-7(4-6-8)9(11)12;8-7-5-3-1-2-4-6(5)7/h3-6H,1-2H3,(H,11,12);1-4H. The number of fused-ring (bicyclic) bond motifs is 1. The van der Waals surface area contributed by atoms with E-state index in [1.807, 2.05) is 43.3 Å². The minimum Gasteiger partial charge on any atom is -0.478 e. The molecule has 1 N–H and O–H groups in total. The molecule has 4 heteroatoms. The number of rotatable bonds is 2. The Balaban J connectivity index is 0.000000157. The van der Waals surface area contributed by atoms with Crippen LogP contribution < -0.4 is 10.3 Å². The largest absolute Gasteiger partial charge is 0.478 e. The maximum absolute atomic E-state index is 10.5. The summed E-state index contributed by atoms with van der Waals surface area (Å²) in [5.74, 6) is -0.889. The Morgan fingerprint density at radius 3 is 1.80 bits per heavy atom. The molecule has 0 aromatic heterocycles. The molecule has 0 radical (unpaired) electrons. The zero-order chi connectivity index (χ0) is 14.7. The summed E-state index contributed by atoms with van der Waals surface area (Å²) in [5.41, 5.74) is 1.54. The van der Waals surface area contributed by atoms with Crippen molar-refractivity contribution in [3.05, 3.63) is 64.3 Å². The minimum absolute atomic E-state index is 0.218. The van der Waals surface area contributed by atoms with E-state index < -0.39 is 5.97 Å². The smallest absolute Gasteiger partial charge is 0.335 e. The van der Waals surface area contributed by atoms with Gasteiger partial charge in [-0.05, 0) is 24.3 Å². The molecule has 0 aliphatic rings. The molecular formula is C16H15NO3. The minimum atomic E-state index is -0.889. The zero-order valence-corrected chi connectivity index (χ0v) is 11.3. The summed E-state index contributed by atoms with van der Waals surface area (Å²) >= 11 is 0. The first kappa shape index (κ1) is 13.8. The summed E-state index contributed by atoms with van der Waals surface area (Å²) in [5, 5.41) is 10.4. The zero-order valence-electron chi connectivity index (χ0n) is 11.3. The number of aromatic carboxylic acids is 1. The molecule has 0 saturated carbocycles. The maximum atomic E-state index is 10.5. The third kappa shape index (κ3) is 3.03. The Labute approximate surface area is 116 Å². The van der Waals surface area contributed by atoms with Crippen molar-refractivity contribution in [3.8, 4) is 0 Å². The van der Waals surface area contributed by atoms with Crippen molar-refractivity contribution < 1.29 is 9.90 Å². The lowest BCUT2D eigenvalue weighted by Crippen LogP contribution is -2.08. The van der Waals surface area contributed by atoms with Gasteiger partial charge in [-0.15, -0.1) is 0 Å². The molecular weight excluding hydrogens is 254 g/mol. The molecule has 102 valence electrons. The first-order valence-electron chi connectivity index (χ1n) is 6.15. The molecule has 0 aliphatic carbocycles. The Kier molecular flexibility index (Phi) is 3.84. The van der Waals surface area contributed by atoms with Crippen LogP contribution in [0.4, 0.5) is 5.69 Å².